The maximum absolute atomic E-state index is 5.59. The molecule has 0 saturated carbocycles. The number of nitrogens with zero attached hydrogens (tertiary/aromatic N) is 1. The summed E-state index contributed by atoms with van der Waals surface area (Å²) in [5.41, 5.74) is 2.62. The molecule has 1 heterocycles. The van der Waals surface area contributed by atoms with Crippen LogP contribution in [0.25, 0.3) is 11.0 Å². The molecule has 1 N–H and O–H groups in total. The predicted molar refractivity (Wildman–Crippen MR) is 116 cm³/mol. The van der Waals surface area contributed by atoms with Gasteiger partial charge in [0.15, 0.2) is 11.4 Å². The number of benzene rings is 2. The third kappa shape index (κ3) is 4.71. The molecule has 0 saturated heterocycles. The molecule has 0 amide bonds. The number of fused-ring (bicyclic) bond motifs is 1. The van der Waals surface area contributed by atoms with Crippen LogP contribution in [0.15, 0.2) is 33.7 Å². The van der Waals surface area contributed by atoms with Crippen LogP contribution in [0, 0.1) is 6.92 Å². The third-order valence-corrected chi connectivity index (χ3v) is 5.12. The third-order valence-electron chi connectivity index (χ3n) is 4.22. The molecule has 8 heteroatoms. The van der Waals surface area contributed by atoms with Gasteiger partial charge in [-0.2, -0.15) is 0 Å². The zero-order chi connectivity index (χ0) is 21.4. The van der Waals surface area contributed by atoms with Gasteiger partial charge in [-0.25, -0.2) is 0 Å². The van der Waals surface area contributed by atoms with Crippen LogP contribution >= 0.6 is 11.9 Å². The van der Waals surface area contributed by atoms with Crippen molar-refractivity contribution in [2.24, 2.45) is 0 Å². The molecule has 1 aromatic heterocycles. The summed E-state index contributed by atoms with van der Waals surface area (Å²) >= 11 is 1.33. The number of hydrogen-bond donors (Lipinski definition) is 1. The first kappa shape index (κ1) is 22.7. The van der Waals surface area contributed by atoms with Crippen molar-refractivity contribution in [3.8, 4) is 17.2 Å². The highest BCUT2D eigenvalue weighted by Gasteiger charge is 2.20. The second-order valence-corrected chi connectivity index (χ2v) is 6.54. The molecule has 7 nitrogen and oxygen atoms in total. The van der Waals surface area contributed by atoms with E-state index in [-0.39, 0.29) is 0 Å². The second-order valence-electron chi connectivity index (χ2n) is 5.73. The van der Waals surface area contributed by atoms with Crippen LogP contribution < -0.4 is 18.9 Å². The summed E-state index contributed by atoms with van der Waals surface area (Å²) in [6, 6.07) is 7.55. The molecule has 0 aliphatic rings. The fourth-order valence-corrected chi connectivity index (χ4v) is 3.65. The van der Waals surface area contributed by atoms with Crippen molar-refractivity contribution in [2.45, 2.75) is 32.3 Å². The Morgan fingerprint density at radius 1 is 1.00 bits per heavy atom. The minimum Gasteiger partial charge on any atom is -0.496 e. The SMILES string of the molecule is CC.COCc1cc(OC)c2c(NSc3c(OC)cccc3OC)noc2c1C. The summed E-state index contributed by atoms with van der Waals surface area (Å²) in [5.74, 6) is 2.63. The lowest BCUT2D eigenvalue weighted by atomic mass is 10.1. The molecule has 3 rings (SSSR count). The monoisotopic (exact) mass is 420 g/mol. The molecule has 29 heavy (non-hydrogen) atoms. The van der Waals surface area contributed by atoms with Gasteiger partial charge in [-0.1, -0.05) is 25.1 Å². The van der Waals surface area contributed by atoms with E-state index < -0.39 is 0 Å². The van der Waals surface area contributed by atoms with E-state index in [1.54, 1.807) is 28.4 Å². The van der Waals surface area contributed by atoms with Crippen LogP contribution in [0.5, 0.6) is 17.2 Å². The lowest BCUT2D eigenvalue weighted by Gasteiger charge is -2.13. The highest BCUT2D eigenvalue weighted by molar-refractivity contribution is 8.00. The average molecular weight is 421 g/mol. The van der Waals surface area contributed by atoms with Crippen LogP contribution in [0.2, 0.25) is 0 Å². The first-order valence-electron chi connectivity index (χ1n) is 9.23. The largest absolute Gasteiger partial charge is 0.496 e. The molecule has 3 aromatic rings. The van der Waals surface area contributed by atoms with Crippen molar-refractivity contribution >= 4 is 28.7 Å². The van der Waals surface area contributed by atoms with Gasteiger partial charge in [-0.3, -0.25) is 0 Å². The van der Waals surface area contributed by atoms with Crippen molar-refractivity contribution < 1.29 is 23.5 Å². The van der Waals surface area contributed by atoms with Gasteiger partial charge in [0.2, 0.25) is 0 Å². The number of aromatic nitrogens is 1. The number of nitrogens with one attached hydrogen (secondary N) is 1. The Morgan fingerprint density at radius 3 is 2.17 bits per heavy atom. The highest BCUT2D eigenvalue weighted by Crippen LogP contribution is 2.41. The van der Waals surface area contributed by atoms with Gasteiger partial charge >= 0.3 is 0 Å². The van der Waals surface area contributed by atoms with Gasteiger partial charge in [0.05, 0.1) is 27.9 Å². The standard InChI is InChI=1S/C19H22N2O5S.C2H6/c1-11-12(10-22-2)9-15(25-5)16-17(11)26-20-19(16)21-27-18-13(23-3)7-6-8-14(18)24-4;1-2/h6-9H,10H2,1-5H3,(H,20,21);1-2H3. The maximum Gasteiger partial charge on any atom is 0.191 e. The molecule has 0 fully saturated rings. The number of anilines is 1. The summed E-state index contributed by atoms with van der Waals surface area (Å²) in [5, 5.41) is 4.96. The van der Waals surface area contributed by atoms with Gasteiger partial charge in [0, 0.05) is 12.7 Å². The topological polar surface area (TPSA) is 75.0 Å². The van der Waals surface area contributed by atoms with Crippen molar-refractivity contribution in [1.29, 1.82) is 0 Å². The smallest absolute Gasteiger partial charge is 0.191 e. The quantitative estimate of drug-likeness (QED) is 0.482. The van der Waals surface area contributed by atoms with Gasteiger partial charge in [-0.05, 0) is 42.6 Å². The first-order valence-corrected chi connectivity index (χ1v) is 10.0. The first-order chi connectivity index (χ1) is 14.1. The molecule has 0 aliphatic carbocycles. The Balaban J connectivity index is 0.00000145. The van der Waals surface area contributed by atoms with E-state index in [1.807, 2.05) is 45.0 Å². The number of methoxy groups -OCH3 is 4. The minimum absolute atomic E-state index is 0.467. The molecular formula is C21H28N2O5S. The van der Waals surface area contributed by atoms with Crippen LogP contribution in [-0.2, 0) is 11.3 Å². The summed E-state index contributed by atoms with van der Waals surface area (Å²) in [4.78, 5) is 0.811. The van der Waals surface area contributed by atoms with Crippen LogP contribution in [0.3, 0.4) is 0 Å². The lowest BCUT2D eigenvalue weighted by molar-refractivity contribution is 0.184. The fraction of sp³-hybridized carbons (Fsp3) is 0.381. The van der Waals surface area contributed by atoms with Crippen LogP contribution in [0.4, 0.5) is 5.82 Å². The molecule has 0 bridgehead atoms. The van der Waals surface area contributed by atoms with E-state index in [0.29, 0.717) is 35.3 Å². The van der Waals surface area contributed by atoms with E-state index >= 15 is 0 Å². The average Bonchev–Trinajstić information content (AvgIpc) is 3.20. The molecule has 0 unspecified atom stereocenters. The fourth-order valence-electron chi connectivity index (χ4n) is 2.81. The van der Waals surface area contributed by atoms with Crippen molar-refractivity contribution in [3.63, 3.8) is 0 Å². The number of hydrogen-bond acceptors (Lipinski definition) is 8. The van der Waals surface area contributed by atoms with Gasteiger partial charge < -0.3 is 28.2 Å². The number of ether oxygens (including phenoxy) is 4. The van der Waals surface area contributed by atoms with Crippen molar-refractivity contribution in [3.05, 3.63) is 35.4 Å². The highest BCUT2D eigenvalue weighted by atomic mass is 32.2. The molecule has 0 aliphatic heterocycles. The van der Waals surface area contributed by atoms with E-state index in [0.717, 1.165) is 21.4 Å². The summed E-state index contributed by atoms with van der Waals surface area (Å²) in [6.07, 6.45) is 0. The predicted octanol–water partition coefficient (Wildman–Crippen LogP) is 5.45. The van der Waals surface area contributed by atoms with Gasteiger partial charge in [-0.15, -0.1) is 0 Å². The maximum atomic E-state index is 5.59. The normalized spacial score (nSPS) is 10.3. The second kappa shape index (κ2) is 10.8. The molecule has 2 aromatic carbocycles. The number of aryl methyl sites for hydroxylation is 1. The minimum atomic E-state index is 0.467. The van der Waals surface area contributed by atoms with E-state index in [1.165, 1.54) is 11.9 Å². The van der Waals surface area contributed by atoms with E-state index in [4.69, 9.17) is 23.5 Å². The Hall–Kier alpha value is -2.58. The molecule has 0 atom stereocenters. The Labute approximate surface area is 175 Å². The summed E-state index contributed by atoms with van der Waals surface area (Å²) < 4.78 is 30.5. The Kier molecular flexibility index (Phi) is 8.48. The summed E-state index contributed by atoms with van der Waals surface area (Å²) in [6.45, 7) is 6.44. The Morgan fingerprint density at radius 2 is 1.62 bits per heavy atom. The number of rotatable bonds is 8. The summed E-state index contributed by atoms with van der Waals surface area (Å²) in [7, 11) is 6.51. The molecule has 0 spiro atoms. The van der Waals surface area contributed by atoms with Gasteiger partial charge in [0.1, 0.15) is 27.5 Å². The van der Waals surface area contributed by atoms with Crippen molar-refractivity contribution in [2.75, 3.05) is 33.2 Å². The molecular weight excluding hydrogens is 392 g/mol. The van der Waals surface area contributed by atoms with E-state index in [2.05, 4.69) is 9.88 Å². The van der Waals surface area contributed by atoms with E-state index in [9.17, 15) is 0 Å². The molecule has 158 valence electrons. The van der Waals surface area contributed by atoms with Crippen molar-refractivity contribution in [1.82, 2.24) is 5.16 Å². The zero-order valence-electron chi connectivity index (χ0n) is 17.9. The molecule has 0 radical (unpaired) electrons. The zero-order valence-corrected chi connectivity index (χ0v) is 18.7. The van der Waals surface area contributed by atoms with Gasteiger partial charge in [0.25, 0.3) is 0 Å². The van der Waals surface area contributed by atoms with Crippen LogP contribution in [-0.4, -0.2) is 33.6 Å². The lowest BCUT2D eigenvalue weighted by Crippen LogP contribution is -1.97. The van der Waals surface area contributed by atoms with Crippen LogP contribution in [0.1, 0.15) is 25.0 Å². The Bertz CT molecular complexity index is 920.